The second-order valence-corrected chi connectivity index (χ2v) is 5.16. The summed E-state index contributed by atoms with van der Waals surface area (Å²) in [5, 5.41) is 8.83. The van der Waals surface area contributed by atoms with Gasteiger partial charge in [0.05, 0.1) is 17.2 Å². The highest BCUT2D eigenvalue weighted by Crippen LogP contribution is 2.40. The van der Waals surface area contributed by atoms with Gasteiger partial charge in [-0.05, 0) is 25.1 Å². The van der Waals surface area contributed by atoms with Gasteiger partial charge in [-0.2, -0.15) is 0 Å². The second-order valence-electron chi connectivity index (χ2n) is 4.07. The van der Waals surface area contributed by atoms with E-state index in [1.54, 1.807) is 18.0 Å². The van der Waals surface area contributed by atoms with E-state index in [4.69, 9.17) is 5.11 Å². The van der Waals surface area contributed by atoms with Crippen molar-refractivity contribution in [2.45, 2.75) is 11.8 Å². The molecule has 0 unspecified atom stereocenters. The third-order valence-corrected chi connectivity index (χ3v) is 3.81. The number of thioether (sulfide) groups is 1. The number of amides is 1. The van der Waals surface area contributed by atoms with Crippen LogP contribution in [0.3, 0.4) is 0 Å². The van der Waals surface area contributed by atoms with E-state index in [9.17, 15) is 4.79 Å². The molecule has 0 spiro atoms. The number of carbonyl (C=O) groups is 1. The first kappa shape index (κ1) is 12.9. The Bertz CT molecular complexity index is 534. The molecule has 4 heteroatoms. The first-order valence-corrected chi connectivity index (χ1v) is 6.49. The van der Waals surface area contributed by atoms with Crippen molar-refractivity contribution in [3.05, 3.63) is 46.9 Å². The minimum Gasteiger partial charge on any atom is -0.392 e. The second kappa shape index (κ2) is 5.42. The predicted octanol–water partition coefficient (Wildman–Crippen LogP) is 2.58. The van der Waals surface area contributed by atoms with Gasteiger partial charge in [0, 0.05) is 11.9 Å². The molecular weight excluding hydrogens is 246 g/mol. The zero-order valence-corrected chi connectivity index (χ0v) is 11.2. The first-order valence-electron chi connectivity index (χ1n) is 5.67. The summed E-state index contributed by atoms with van der Waals surface area (Å²) in [6, 6.07) is 7.83. The first-order chi connectivity index (χ1) is 8.63. The highest BCUT2D eigenvalue weighted by molar-refractivity contribution is 8.04. The van der Waals surface area contributed by atoms with Crippen LogP contribution in [0.15, 0.2) is 51.8 Å². The maximum Gasteiger partial charge on any atom is 0.264 e. The van der Waals surface area contributed by atoms with Crippen LogP contribution < -0.4 is 4.90 Å². The molecule has 1 amide bonds. The number of likely N-dealkylation sites (N-methyl/N-ethyl adjacent to an activating group) is 1. The Morgan fingerprint density at radius 2 is 2.17 bits per heavy atom. The molecular formula is C14H15NO2S. The van der Waals surface area contributed by atoms with Crippen LogP contribution in [-0.2, 0) is 4.79 Å². The molecule has 0 aliphatic carbocycles. The summed E-state index contributed by atoms with van der Waals surface area (Å²) in [6.07, 6.45) is 3.50. The molecule has 18 heavy (non-hydrogen) atoms. The van der Waals surface area contributed by atoms with Crippen LogP contribution >= 0.6 is 11.8 Å². The molecule has 1 aliphatic rings. The quantitative estimate of drug-likeness (QED) is 0.832. The van der Waals surface area contributed by atoms with Crippen molar-refractivity contribution in [1.29, 1.82) is 0 Å². The zero-order chi connectivity index (χ0) is 13.1. The fourth-order valence-electron chi connectivity index (χ4n) is 1.76. The van der Waals surface area contributed by atoms with Gasteiger partial charge in [0.15, 0.2) is 0 Å². The van der Waals surface area contributed by atoms with Gasteiger partial charge >= 0.3 is 0 Å². The van der Waals surface area contributed by atoms with Crippen molar-refractivity contribution in [3.63, 3.8) is 0 Å². The van der Waals surface area contributed by atoms with Gasteiger partial charge in [-0.25, -0.2) is 0 Å². The molecule has 2 rings (SSSR count). The van der Waals surface area contributed by atoms with Crippen molar-refractivity contribution in [2.75, 3.05) is 18.6 Å². The van der Waals surface area contributed by atoms with E-state index >= 15 is 0 Å². The molecule has 0 saturated heterocycles. The molecule has 0 atom stereocenters. The third-order valence-electron chi connectivity index (χ3n) is 2.73. The van der Waals surface area contributed by atoms with Crippen LogP contribution in [0.4, 0.5) is 5.69 Å². The highest BCUT2D eigenvalue weighted by Gasteiger charge is 2.25. The van der Waals surface area contributed by atoms with Crippen LogP contribution in [0.25, 0.3) is 0 Å². The summed E-state index contributed by atoms with van der Waals surface area (Å²) < 4.78 is 0. The number of rotatable bonds is 2. The maximum atomic E-state index is 12.2. The van der Waals surface area contributed by atoms with Crippen molar-refractivity contribution in [1.82, 2.24) is 0 Å². The number of allylic oxidation sites excluding steroid dienone is 2. The van der Waals surface area contributed by atoms with Crippen molar-refractivity contribution in [3.8, 4) is 0 Å². The number of hydrogen-bond donors (Lipinski definition) is 1. The lowest BCUT2D eigenvalue weighted by Crippen LogP contribution is -2.30. The van der Waals surface area contributed by atoms with Crippen LogP contribution in [0.2, 0.25) is 0 Å². The van der Waals surface area contributed by atoms with Crippen molar-refractivity contribution in [2.24, 2.45) is 0 Å². The molecule has 0 bridgehead atoms. The summed E-state index contributed by atoms with van der Waals surface area (Å²) >= 11 is 1.47. The van der Waals surface area contributed by atoms with Gasteiger partial charge in [0.25, 0.3) is 5.91 Å². The van der Waals surface area contributed by atoms with Crippen LogP contribution in [0.1, 0.15) is 6.92 Å². The van der Waals surface area contributed by atoms with E-state index < -0.39 is 0 Å². The maximum absolute atomic E-state index is 12.2. The number of aliphatic hydroxyl groups excluding tert-OH is 1. The van der Waals surface area contributed by atoms with Gasteiger partial charge in [0.1, 0.15) is 0 Å². The van der Waals surface area contributed by atoms with E-state index in [1.807, 2.05) is 37.3 Å². The lowest BCUT2D eigenvalue weighted by atomic mass is 10.2. The highest BCUT2D eigenvalue weighted by atomic mass is 32.2. The summed E-state index contributed by atoms with van der Waals surface area (Å²) in [5.74, 6) is -0.00982. The molecule has 1 heterocycles. The molecule has 1 aromatic carbocycles. The Morgan fingerprint density at radius 3 is 2.89 bits per heavy atom. The van der Waals surface area contributed by atoms with E-state index in [0.29, 0.717) is 4.91 Å². The average molecular weight is 261 g/mol. The van der Waals surface area contributed by atoms with E-state index in [0.717, 1.165) is 16.2 Å². The molecule has 1 N–H and O–H groups in total. The largest absolute Gasteiger partial charge is 0.392 e. The molecule has 3 nitrogen and oxygen atoms in total. The molecule has 1 aromatic rings. The Labute approximate surface area is 111 Å². The molecule has 0 radical (unpaired) electrons. The van der Waals surface area contributed by atoms with Crippen LogP contribution in [0, 0.1) is 0 Å². The number of fused-ring (bicyclic) bond motifs is 1. The Hall–Kier alpha value is -1.52. The van der Waals surface area contributed by atoms with Gasteiger partial charge in [-0.3, -0.25) is 4.79 Å². The minimum atomic E-state index is -0.0130. The Balaban J connectivity index is 2.38. The monoisotopic (exact) mass is 261 g/mol. The Kier molecular flexibility index (Phi) is 3.89. The topological polar surface area (TPSA) is 40.5 Å². The molecule has 1 aliphatic heterocycles. The summed E-state index contributed by atoms with van der Waals surface area (Å²) in [6.45, 7) is 1.86. The standard InChI is InChI=1S/C14H15NO2S/c1-10(7-8-16)9-13-14(17)15(2)11-5-3-4-6-12(11)18-13/h3-7,9,16H,8H2,1-2H3/b10-7+,13-9+. The number of anilines is 1. The summed E-state index contributed by atoms with van der Waals surface area (Å²) in [4.78, 5) is 15.6. The minimum absolute atomic E-state index is 0.00982. The number of nitrogens with zero attached hydrogens (tertiary/aromatic N) is 1. The fourth-order valence-corrected chi connectivity index (χ4v) is 2.92. The van der Waals surface area contributed by atoms with Gasteiger partial charge < -0.3 is 10.0 Å². The van der Waals surface area contributed by atoms with Crippen LogP contribution in [0.5, 0.6) is 0 Å². The molecule has 0 saturated carbocycles. The zero-order valence-electron chi connectivity index (χ0n) is 10.4. The lowest BCUT2D eigenvalue weighted by molar-refractivity contribution is -0.114. The molecule has 0 fully saturated rings. The van der Waals surface area contributed by atoms with E-state index in [-0.39, 0.29) is 12.5 Å². The number of benzene rings is 1. The normalized spacial score (nSPS) is 18.2. The number of aliphatic hydroxyl groups is 1. The van der Waals surface area contributed by atoms with Gasteiger partial charge in [0.2, 0.25) is 0 Å². The molecule has 94 valence electrons. The van der Waals surface area contributed by atoms with E-state index in [1.165, 1.54) is 11.8 Å². The number of para-hydroxylation sites is 1. The Morgan fingerprint density at radius 1 is 1.44 bits per heavy atom. The predicted molar refractivity (Wildman–Crippen MR) is 74.6 cm³/mol. The smallest absolute Gasteiger partial charge is 0.264 e. The third kappa shape index (κ3) is 2.49. The number of hydrogen-bond acceptors (Lipinski definition) is 3. The SMILES string of the molecule is CC(=C\CO)/C=C1/Sc2ccccc2N(C)C1=O. The molecule has 0 aromatic heterocycles. The van der Waals surface area contributed by atoms with E-state index in [2.05, 4.69) is 0 Å². The van der Waals surface area contributed by atoms with Gasteiger partial charge in [-0.15, -0.1) is 0 Å². The van der Waals surface area contributed by atoms with Crippen LogP contribution in [-0.4, -0.2) is 24.7 Å². The lowest BCUT2D eigenvalue weighted by Gasteiger charge is -2.26. The van der Waals surface area contributed by atoms with Crippen molar-refractivity contribution < 1.29 is 9.90 Å². The fraction of sp³-hybridized carbons (Fsp3) is 0.214. The summed E-state index contributed by atoms with van der Waals surface area (Å²) in [7, 11) is 1.78. The number of carbonyl (C=O) groups excluding carboxylic acids is 1. The van der Waals surface area contributed by atoms with Gasteiger partial charge in [-0.1, -0.05) is 35.5 Å². The summed E-state index contributed by atoms with van der Waals surface area (Å²) in [5.41, 5.74) is 1.83. The van der Waals surface area contributed by atoms with Crippen molar-refractivity contribution >= 4 is 23.4 Å². The average Bonchev–Trinajstić information content (AvgIpc) is 2.36.